The lowest BCUT2D eigenvalue weighted by molar-refractivity contribution is -0.0280. The molecule has 0 N–H and O–H groups in total. The molecule has 0 saturated heterocycles. The van der Waals surface area contributed by atoms with Crippen LogP contribution < -0.4 is 0 Å². The second kappa shape index (κ2) is 6.43. The maximum Gasteiger partial charge on any atom is 0.348 e. The fourth-order valence-electron chi connectivity index (χ4n) is 1.36. The number of carbonyl (C=O) groups excluding carboxylic acids is 1. The Morgan fingerprint density at radius 3 is 2.40 bits per heavy atom. The molecule has 0 aliphatic rings. The van der Waals surface area contributed by atoms with Crippen LogP contribution in [0.2, 0.25) is 0 Å². The van der Waals surface area contributed by atoms with Gasteiger partial charge in [-0.1, -0.05) is 0 Å². The first-order valence-corrected chi connectivity index (χ1v) is 8.99. The molecule has 0 spiro atoms. The van der Waals surface area contributed by atoms with Gasteiger partial charge in [-0.3, -0.25) is 0 Å². The summed E-state index contributed by atoms with van der Waals surface area (Å²) < 4.78 is 32.9. The van der Waals surface area contributed by atoms with Crippen LogP contribution in [0.3, 0.4) is 0 Å². The summed E-state index contributed by atoms with van der Waals surface area (Å²) in [5, 5.41) is 0. The Morgan fingerprint density at radius 2 is 1.95 bits per heavy atom. The van der Waals surface area contributed by atoms with E-state index in [2.05, 4.69) is 0 Å². The summed E-state index contributed by atoms with van der Waals surface area (Å²) in [5.74, 6) is -0.581. The molecule has 0 aliphatic heterocycles. The minimum Gasteiger partial charge on any atom is -0.459 e. The molecule has 1 rings (SSSR count). The highest BCUT2D eigenvalue weighted by atomic mass is 35.7. The lowest BCUT2D eigenvalue weighted by atomic mass is 10.2. The molecule has 1 aromatic heterocycles. The lowest BCUT2D eigenvalue weighted by Crippen LogP contribution is -2.22. The number of rotatable bonds is 5. The number of hydrogen-bond acceptors (Lipinski definition) is 6. The van der Waals surface area contributed by atoms with Gasteiger partial charge >= 0.3 is 5.97 Å². The molecule has 0 unspecified atom stereocenters. The fraction of sp³-hybridized carbons (Fsp3) is 0.583. The van der Waals surface area contributed by atoms with Gasteiger partial charge in [-0.2, -0.15) is 0 Å². The summed E-state index contributed by atoms with van der Waals surface area (Å²) in [6.45, 7) is 7.66. The summed E-state index contributed by atoms with van der Waals surface area (Å²) in [6.07, 6.45) is 0. The first-order chi connectivity index (χ1) is 9.00. The second-order valence-electron chi connectivity index (χ2n) is 5.07. The standard InChI is InChI=1S/C12H17ClO5S2/c1-8-10(20(13,15)16)7-9(19-8)11(14)17-5-6-18-12(2,3)4/h7H,5-6H2,1-4H3. The van der Waals surface area contributed by atoms with E-state index in [4.69, 9.17) is 20.2 Å². The van der Waals surface area contributed by atoms with Crippen LogP contribution in [-0.2, 0) is 18.5 Å². The second-order valence-corrected chi connectivity index (χ2v) is 8.86. The van der Waals surface area contributed by atoms with Crippen molar-refractivity contribution in [2.75, 3.05) is 13.2 Å². The third-order valence-electron chi connectivity index (χ3n) is 2.19. The Labute approximate surface area is 127 Å². The molecule has 0 atom stereocenters. The van der Waals surface area contributed by atoms with E-state index in [0.29, 0.717) is 4.88 Å². The van der Waals surface area contributed by atoms with Gasteiger partial charge in [-0.05, 0) is 33.8 Å². The van der Waals surface area contributed by atoms with Crippen molar-refractivity contribution in [2.24, 2.45) is 0 Å². The Kier molecular flexibility index (Phi) is 5.60. The van der Waals surface area contributed by atoms with Crippen LogP contribution in [0.1, 0.15) is 35.3 Å². The van der Waals surface area contributed by atoms with E-state index in [0.717, 1.165) is 11.3 Å². The number of hydrogen-bond donors (Lipinski definition) is 0. The number of carbonyl (C=O) groups is 1. The predicted molar refractivity (Wildman–Crippen MR) is 78.1 cm³/mol. The van der Waals surface area contributed by atoms with Crippen molar-refractivity contribution in [2.45, 2.75) is 38.2 Å². The van der Waals surface area contributed by atoms with Gasteiger partial charge in [0, 0.05) is 15.6 Å². The minimum absolute atomic E-state index is 0.0536. The molecule has 0 aromatic carbocycles. The molecule has 0 radical (unpaired) electrons. The third-order valence-corrected chi connectivity index (χ3v) is 4.80. The van der Waals surface area contributed by atoms with Crippen LogP contribution in [-0.4, -0.2) is 33.2 Å². The van der Waals surface area contributed by atoms with Gasteiger partial charge in [0.05, 0.1) is 17.1 Å². The van der Waals surface area contributed by atoms with Crippen LogP contribution in [0.5, 0.6) is 0 Å². The fourth-order valence-corrected chi connectivity index (χ4v) is 3.92. The summed E-state index contributed by atoms with van der Waals surface area (Å²) in [7, 11) is 1.43. The molecular formula is C12H17ClO5S2. The molecule has 0 amide bonds. The average molecular weight is 341 g/mol. The zero-order valence-corrected chi connectivity index (χ0v) is 14.1. The predicted octanol–water partition coefficient (Wildman–Crippen LogP) is 2.96. The smallest absolute Gasteiger partial charge is 0.348 e. The van der Waals surface area contributed by atoms with Crippen LogP contribution in [0.15, 0.2) is 11.0 Å². The molecule has 0 aliphatic carbocycles. The van der Waals surface area contributed by atoms with Crippen LogP contribution in [0.25, 0.3) is 0 Å². The Hall–Kier alpha value is -0.630. The molecule has 5 nitrogen and oxygen atoms in total. The van der Waals surface area contributed by atoms with E-state index < -0.39 is 15.0 Å². The van der Waals surface area contributed by atoms with Crippen molar-refractivity contribution in [3.8, 4) is 0 Å². The van der Waals surface area contributed by atoms with E-state index in [9.17, 15) is 13.2 Å². The van der Waals surface area contributed by atoms with E-state index >= 15 is 0 Å². The van der Waals surface area contributed by atoms with Crippen LogP contribution in [0, 0.1) is 6.92 Å². The molecule has 1 heterocycles. The molecule has 114 valence electrons. The Morgan fingerprint density at radius 1 is 1.35 bits per heavy atom. The van der Waals surface area contributed by atoms with Crippen LogP contribution in [0.4, 0.5) is 0 Å². The van der Waals surface area contributed by atoms with Crippen molar-refractivity contribution in [3.63, 3.8) is 0 Å². The molecule has 0 bridgehead atoms. The van der Waals surface area contributed by atoms with Crippen LogP contribution >= 0.6 is 22.0 Å². The van der Waals surface area contributed by atoms with E-state index in [1.807, 2.05) is 20.8 Å². The van der Waals surface area contributed by atoms with Gasteiger partial charge in [0.25, 0.3) is 9.05 Å². The molecule has 8 heteroatoms. The van der Waals surface area contributed by atoms with Crippen molar-refractivity contribution < 1.29 is 22.7 Å². The normalized spacial score (nSPS) is 12.4. The molecule has 1 aromatic rings. The topological polar surface area (TPSA) is 69.7 Å². The summed E-state index contributed by atoms with van der Waals surface area (Å²) >= 11 is 1.03. The van der Waals surface area contributed by atoms with Gasteiger partial charge in [0.2, 0.25) is 0 Å². The van der Waals surface area contributed by atoms with Crippen molar-refractivity contribution in [1.29, 1.82) is 0 Å². The Balaban J connectivity index is 2.61. The lowest BCUT2D eigenvalue weighted by Gasteiger charge is -2.19. The minimum atomic E-state index is -3.84. The summed E-state index contributed by atoms with van der Waals surface area (Å²) in [4.78, 5) is 12.4. The average Bonchev–Trinajstić information content (AvgIpc) is 2.65. The van der Waals surface area contributed by atoms with E-state index in [1.165, 1.54) is 6.07 Å². The summed E-state index contributed by atoms with van der Waals surface area (Å²) in [5.41, 5.74) is -0.300. The first kappa shape index (κ1) is 17.4. The number of esters is 1. The maximum absolute atomic E-state index is 11.8. The zero-order valence-electron chi connectivity index (χ0n) is 11.7. The highest BCUT2D eigenvalue weighted by Gasteiger charge is 2.21. The summed E-state index contributed by atoms with van der Waals surface area (Å²) in [6, 6.07) is 1.23. The molecule has 0 fully saturated rings. The van der Waals surface area contributed by atoms with Gasteiger partial charge in [0.15, 0.2) is 0 Å². The van der Waals surface area contributed by atoms with Gasteiger partial charge < -0.3 is 9.47 Å². The number of thiophene rings is 1. The SMILES string of the molecule is Cc1sc(C(=O)OCCOC(C)(C)C)cc1S(=O)(=O)Cl. The molecular weight excluding hydrogens is 324 g/mol. The Bertz CT molecular complexity index is 583. The largest absolute Gasteiger partial charge is 0.459 e. The molecule has 20 heavy (non-hydrogen) atoms. The third kappa shape index (κ3) is 5.40. The highest BCUT2D eigenvalue weighted by molar-refractivity contribution is 8.13. The van der Waals surface area contributed by atoms with Crippen molar-refractivity contribution in [3.05, 3.63) is 15.8 Å². The number of ether oxygens (including phenoxy) is 2. The monoisotopic (exact) mass is 340 g/mol. The zero-order chi connectivity index (χ0) is 15.6. The van der Waals surface area contributed by atoms with Gasteiger partial charge in [-0.25, -0.2) is 13.2 Å². The van der Waals surface area contributed by atoms with Gasteiger partial charge in [0.1, 0.15) is 11.5 Å². The number of halogens is 1. The first-order valence-electron chi connectivity index (χ1n) is 5.87. The van der Waals surface area contributed by atoms with E-state index in [1.54, 1.807) is 6.92 Å². The highest BCUT2D eigenvalue weighted by Crippen LogP contribution is 2.28. The van der Waals surface area contributed by atoms with Crippen molar-refractivity contribution >= 4 is 37.0 Å². The quantitative estimate of drug-likeness (QED) is 0.468. The maximum atomic E-state index is 11.8. The number of aryl methyl sites for hydroxylation is 1. The molecule has 0 saturated carbocycles. The van der Waals surface area contributed by atoms with E-state index in [-0.39, 0.29) is 28.6 Å². The van der Waals surface area contributed by atoms with Gasteiger partial charge in [-0.15, -0.1) is 11.3 Å². The van der Waals surface area contributed by atoms with Crippen molar-refractivity contribution in [1.82, 2.24) is 0 Å².